The van der Waals surface area contributed by atoms with Crippen molar-refractivity contribution >= 4 is 38.6 Å². The van der Waals surface area contributed by atoms with Gasteiger partial charge in [0.15, 0.2) is 0 Å². The Kier molecular flexibility index (Phi) is 5.28. The van der Waals surface area contributed by atoms with E-state index >= 15 is 0 Å². The molecule has 162 valence electrons. The predicted molar refractivity (Wildman–Crippen MR) is 118 cm³/mol. The zero-order valence-electron chi connectivity index (χ0n) is 17.3. The van der Waals surface area contributed by atoms with Crippen LogP contribution >= 0.6 is 11.3 Å². The van der Waals surface area contributed by atoms with E-state index in [-0.39, 0.29) is 30.0 Å². The summed E-state index contributed by atoms with van der Waals surface area (Å²) in [6, 6.07) is 7.31. The fourth-order valence-electron chi connectivity index (χ4n) is 3.81. The monoisotopic (exact) mass is 442 g/mol. The number of hydrogen-bond donors (Lipinski definition) is 2. The fraction of sp³-hybridized carbons (Fsp3) is 0.333. The van der Waals surface area contributed by atoms with Crippen LogP contribution in [0.4, 0.5) is 0 Å². The molecule has 3 heterocycles. The van der Waals surface area contributed by atoms with Crippen LogP contribution in [0.3, 0.4) is 0 Å². The lowest BCUT2D eigenvalue weighted by atomic mass is 10.1. The molecule has 0 radical (unpaired) electrons. The average molecular weight is 442 g/mol. The first-order valence-corrected chi connectivity index (χ1v) is 10.6. The highest BCUT2D eigenvalue weighted by atomic mass is 32.1. The van der Waals surface area contributed by atoms with Crippen LogP contribution in [0.1, 0.15) is 34.9 Å². The van der Waals surface area contributed by atoms with E-state index in [0.29, 0.717) is 27.6 Å². The Morgan fingerprint density at radius 3 is 2.55 bits per heavy atom. The maximum Gasteiger partial charge on any atom is 0.337 e. The van der Waals surface area contributed by atoms with Crippen LogP contribution in [-0.4, -0.2) is 34.9 Å². The Balaban J connectivity index is 2.03. The summed E-state index contributed by atoms with van der Waals surface area (Å²) in [6.45, 7) is 4.04. The van der Waals surface area contributed by atoms with Crippen LogP contribution in [0.5, 0.6) is 0 Å². The van der Waals surface area contributed by atoms with Gasteiger partial charge in [-0.1, -0.05) is 26.0 Å². The number of aliphatic hydroxyl groups is 1. The fourth-order valence-corrected chi connectivity index (χ4v) is 5.08. The van der Waals surface area contributed by atoms with Crippen molar-refractivity contribution in [2.75, 3.05) is 0 Å². The number of aromatic carboxylic acids is 1. The Morgan fingerprint density at radius 2 is 1.90 bits per heavy atom. The number of benzene rings is 1. The average Bonchev–Trinajstić information content (AvgIpc) is 3.28. The molecule has 0 unspecified atom stereocenters. The summed E-state index contributed by atoms with van der Waals surface area (Å²) >= 11 is 1.12. The van der Waals surface area contributed by atoms with Gasteiger partial charge in [0.2, 0.25) is 0 Å². The van der Waals surface area contributed by atoms with Crippen molar-refractivity contribution in [3.63, 3.8) is 0 Å². The Morgan fingerprint density at radius 1 is 1.19 bits per heavy atom. The van der Waals surface area contributed by atoms with Gasteiger partial charge in [-0.25, -0.2) is 14.6 Å². The Hall–Kier alpha value is -3.24. The van der Waals surface area contributed by atoms with E-state index in [0.717, 1.165) is 21.4 Å². The summed E-state index contributed by atoms with van der Waals surface area (Å²) in [5.74, 6) is -0.721. The quantitative estimate of drug-likeness (QED) is 0.471. The molecule has 0 saturated heterocycles. The highest BCUT2D eigenvalue weighted by molar-refractivity contribution is 7.19. The summed E-state index contributed by atoms with van der Waals surface area (Å²) in [6.07, 6.45) is 0. The molecule has 4 rings (SSSR count). The minimum atomic E-state index is -1.23. The van der Waals surface area contributed by atoms with Crippen molar-refractivity contribution in [3.8, 4) is 0 Å². The topological polar surface area (TPSA) is 119 Å². The second-order valence-corrected chi connectivity index (χ2v) is 8.88. The molecule has 1 aromatic carbocycles. The van der Waals surface area contributed by atoms with Crippen molar-refractivity contribution in [2.45, 2.75) is 33.5 Å². The first kappa shape index (κ1) is 21.0. The Bertz CT molecular complexity index is 1440. The number of imidazole rings is 1. The van der Waals surface area contributed by atoms with Gasteiger partial charge in [0.1, 0.15) is 17.3 Å². The Labute approximate surface area is 180 Å². The van der Waals surface area contributed by atoms with Gasteiger partial charge in [0.25, 0.3) is 5.56 Å². The van der Waals surface area contributed by atoms with Gasteiger partial charge in [-0.05, 0) is 18.1 Å². The SMILES string of the molecule is CC(C)Cn1c(=O)n(C)c(=O)c2c(C(=O)O)c(Cn3c(CO)nc4ccccc43)sc21. The molecular weight excluding hydrogens is 420 g/mol. The molecule has 10 heteroatoms. The molecule has 0 bridgehead atoms. The third-order valence-corrected chi connectivity index (χ3v) is 6.38. The van der Waals surface area contributed by atoms with Gasteiger partial charge in [0.05, 0.1) is 28.5 Å². The van der Waals surface area contributed by atoms with Gasteiger partial charge in [-0.2, -0.15) is 0 Å². The van der Waals surface area contributed by atoms with E-state index in [1.807, 2.05) is 38.1 Å². The maximum atomic E-state index is 12.9. The minimum Gasteiger partial charge on any atom is -0.478 e. The largest absolute Gasteiger partial charge is 0.478 e. The van der Waals surface area contributed by atoms with Crippen LogP contribution in [0.25, 0.3) is 21.3 Å². The first-order chi connectivity index (χ1) is 14.7. The summed E-state index contributed by atoms with van der Waals surface area (Å²) in [5.41, 5.74) is 0.211. The molecule has 0 aliphatic heterocycles. The predicted octanol–water partition coefficient (Wildman–Crippen LogP) is 2.01. The number of para-hydroxylation sites is 2. The van der Waals surface area contributed by atoms with Crippen LogP contribution < -0.4 is 11.2 Å². The maximum absolute atomic E-state index is 12.9. The number of rotatable bonds is 6. The van der Waals surface area contributed by atoms with Gasteiger partial charge in [-0.3, -0.25) is 13.9 Å². The number of carbonyl (C=O) groups is 1. The molecule has 0 atom stereocenters. The molecule has 3 aromatic heterocycles. The third kappa shape index (κ3) is 3.37. The van der Waals surface area contributed by atoms with Crippen LogP contribution in [0.2, 0.25) is 0 Å². The molecule has 4 aromatic rings. The molecule has 0 saturated carbocycles. The molecule has 0 fully saturated rings. The van der Waals surface area contributed by atoms with E-state index in [2.05, 4.69) is 4.98 Å². The number of aromatic nitrogens is 4. The number of fused-ring (bicyclic) bond motifs is 2. The normalized spacial score (nSPS) is 11.8. The zero-order valence-corrected chi connectivity index (χ0v) is 18.1. The summed E-state index contributed by atoms with van der Waals surface area (Å²) in [4.78, 5) is 43.1. The van der Waals surface area contributed by atoms with Crippen LogP contribution in [0, 0.1) is 5.92 Å². The second-order valence-electron chi connectivity index (χ2n) is 7.80. The van der Waals surface area contributed by atoms with Crippen LogP contribution in [-0.2, 0) is 26.7 Å². The summed E-state index contributed by atoms with van der Waals surface area (Å²) in [5, 5.41) is 19.8. The molecule has 31 heavy (non-hydrogen) atoms. The van der Waals surface area contributed by atoms with Crippen molar-refractivity contribution < 1.29 is 15.0 Å². The van der Waals surface area contributed by atoms with E-state index in [1.54, 1.807) is 4.57 Å². The van der Waals surface area contributed by atoms with Crippen molar-refractivity contribution in [2.24, 2.45) is 13.0 Å². The van der Waals surface area contributed by atoms with Gasteiger partial charge in [-0.15, -0.1) is 11.3 Å². The second kappa shape index (κ2) is 7.78. The molecule has 0 spiro atoms. The summed E-state index contributed by atoms with van der Waals surface area (Å²) in [7, 11) is 1.36. The number of aliphatic hydroxyl groups excluding tert-OH is 1. The number of nitrogens with zero attached hydrogens (tertiary/aromatic N) is 4. The smallest absolute Gasteiger partial charge is 0.337 e. The number of carboxylic acids is 1. The van der Waals surface area contributed by atoms with E-state index in [4.69, 9.17) is 0 Å². The van der Waals surface area contributed by atoms with Crippen molar-refractivity contribution in [1.29, 1.82) is 0 Å². The van der Waals surface area contributed by atoms with Crippen molar-refractivity contribution in [3.05, 3.63) is 61.4 Å². The molecule has 0 aliphatic carbocycles. The lowest BCUT2D eigenvalue weighted by Gasteiger charge is -2.11. The molecular formula is C21H22N4O5S. The zero-order chi connectivity index (χ0) is 22.4. The van der Waals surface area contributed by atoms with Crippen LogP contribution in [0.15, 0.2) is 33.9 Å². The highest BCUT2D eigenvalue weighted by Gasteiger charge is 2.26. The van der Waals surface area contributed by atoms with Gasteiger partial charge in [0, 0.05) is 18.5 Å². The van der Waals surface area contributed by atoms with E-state index in [1.165, 1.54) is 11.6 Å². The lowest BCUT2D eigenvalue weighted by Crippen LogP contribution is -2.38. The molecule has 0 amide bonds. The number of carboxylic acid groups (broad SMARTS) is 1. The standard InChI is InChI=1S/C21H22N4O5S/c1-11(2)8-25-19-17(18(27)23(3)21(25)30)16(20(28)29)14(31-19)9-24-13-7-5-4-6-12(13)22-15(24)10-26/h4-7,11,26H,8-10H2,1-3H3,(H,28,29). The van der Waals surface area contributed by atoms with Gasteiger partial charge >= 0.3 is 11.7 Å². The van der Waals surface area contributed by atoms with E-state index < -0.39 is 17.2 Å². The highest BCUT2D eigenvalue weighted by Crippen LogP contribution is 2.31. The number of hydrogen-bond acceptors (Lipinski definition) is 6. The lowest BCUT2D eigenvalue weighted by molar-refractivity contribution is 0.0698. The van der Waals surface area contributed by atoms with Gasteiger partial charge < -0.3 is 14.8 Å². The first-order valence-electron chi connectivity index (χ1n) is 9.78. The third-order valence-electron chi connectivity index (χ3n) is 5.18. The molecule has 9 nitrogen and oxygen atoms in total. The minimum absolute atomic E-state index is 0.0326. The summed E-state index contributed by atoms with van der Waals surface area (Å²) < 4.78 is 4.17. The molecule has 2 N–H and O–H groups in total. The van der Waals surface area contributed by atoms with Crippen molar-refractivity contribution in [1.82, 2.24) is 18.7 Å². The number of thiophene rings is 1. The van der Waals surface area contributed by atoms with E-state index in [9.17, 15) is 24.6 Å². The molecule has 0 aliphatic rings.